The molecule has 1 fully saturated rings. The van der Waals surface area contributed by atoms with Gasteiger partial charge in [-0.2, -0.15) is 0 Å². The van der Waals surface area contributed by atoms with E-state index in [0.717, 1.165) is 18.8 Å². The van der Waals surface area contributed by atoms with Crippen LogP contribution in [0.2, 0.25) is 0 Å². The molecule has 1 amide bonds. The molecule has 0 N–H and O–H groups in total. The monoisotopic (exact) mass is 421 g/mol. The van der Waals surface area contributed by atoms with Crippen LogP contribution in [-0.2, 0) is 9.47 Å². The van der Waals surface area contributed by atoms with E-state index in [-0.39, 0.29) is 6.09 Å². The minimum Gasteiger partial charge on any atom is -0.444 e. The average Bonchev–Trinajstić information content (AvgIpc) is 2.79. The van der Waals surface area contributed by atoms with E-state index in [9.17, 15) is 9.59 Å². The van der Waals surface area contributed by atoms with E-state index in [4.69, 9.17) is 9.47 Å². The summed E-state index contributed by atoms with van der Waals surface area (Å²) in [6, 6.07) is 0. The maximum Gasteiger partial charge on any atom is 0.421 e. The van der Waals surface area contributed by atoms with E-state index in [1.807, 2.05) is 48.5 Å². The smallest absolute Gasteiger partial charge is 0.421 e. The van der Waals surface area contributed by atoms with Crippen molar-refractivity contribution in [3.63, 3.8) is 0 Å². The SMILES string of the molecule is CC(=Nc1c(C)ncn1C(=O)OC(C)(C)C)N1CCCN(C(=O)OC(C)(C)C)CC1. The van der Waals surface area contributed by atoms with E-state index in [1.165, 1.54) is 10.9 Å². The summed E-state index contributed by atoms with van der Waals surface area (Å²) in [5, 5.41) is 0. The third kappa shape index (κ3) is 6.74. The largest absolute Gasteiger partial charge is 0.444 e. The fourth-order valence-electron chi connectivity index (χ4n) is 2.98. The first-order valence-corrected chi connectivity index (χ1v) is 10.3. The normalized spacial score (nSPS) is 16.3. The van der Waals surface area contributed by atoms with Crippen molar-refractivity contribution in [2.45, 2.75) is 73.0 Å². The molecule has 168 valence electrons. The van der Waals surface area contributed by atoms with Crippen molar-refractivity contribution < 1.29 is 19.1 Å². The number of hydrogen-bond donors (Lipinski definition) is 0. The van der Waals surface area contributed by atoms with Gasteiger partial charge < -0.3 is 19.3 Å². The van der Waals surface area contributed by atoms with Gasteiger partial charge in [0.15, 0.2) is 5.82 Å². The van der Waals surface area contributed by atoms with Gasteiger partial charge in [-0.05, 0) is 61.8 Å². The number of nitrogens with zero attached hydrogens (tertiary/aromatic N) is 5. The second-order valence-electron chi connectivity index (χ2n) is 9.47. The Kier molecular flexibility index (Phi) is 7.15. The molecule has 0 radical (unpaired) electrons. The number of aromatic nitrogens is 2. The molecule has 30 heavy (non-hydrogen) atoms. The zero-order chi connectivity index (χ0) is 22.7. The number of amides is 1. The third-order valence-electron chi connectivity index (χ3n) is 4.38. The topological polar surface area (TPSA) is 89.3 Å². The van der Waals surface area contributed by atoms with E-state index >= 15 is 0 Å². The zero-order valence-electron chi connectivity index (χ0n) is 19.5. The first-order chi connectivity index (χ1) is 13.8. The van der Waals surface area contributed by atoms with Gasteiger partial charge in [0.25, 0.3) is 0 Å². The molecule has 2 heterocycles. The van der Waals surface area contributed by atoms with Crippen LogP contribution in [0.15, 0.2) is 11.3 Å². The van der Waals surface area contributed by atoms with Crippen molar-refractivity contribution in [1.29, 1.82) is 0 Å². The second kappa shape index (κ2) is 9.06. The number of rotatable bonds is 1. The molecule has 9 heteroatoms. The number of imidazole rings is 1. The summed E-state index contributed by atoms with van der Waals surface area (Å²) in [5.74, 6) is 1.21. The number of aryl methyl sites for hydroxylation is 1. The summed E-state index contributed by atoms with van der Waals surface area (Å²) in [5.41, 5.74) is -0.482. The molecule has 1 aliphatic rings. The summed E-state index contributed by atoms with van der Waals surface area (Å²) in [6.45, 7) is 17.3. The van der Waals surface area contributed by atoms with Gasteiger partial charge in [-0.25, -0.2) is 24.1 Å². The number of ether oxygens (including phenoxy) is 2. The number of carbonyl (C=O) groups is 2. The summed E-state index contributed by atoms with van der Waals surface area (Å²) >= 11 is 0. The Morgan fingerprint density at radius 3 is 2.07 bits per heavy atom. The highest BCUT2D eigenvalue weighted by molar-refractivity contribution is 5.84. The van der Waals surface area contributed by atoms with Crippen LogP contribution in [0.5, 0.6) is 0 Å². The van der Waals surface area contributed by atoms with Crippen molar-refractivity contribution in [3.05, 3.63) is 12.0 Å². The van der Waals surface area contributed by atoms with Gasteiger partial charge in [0.1, 0.15) is 23.4 Å². The van der Waals surface area contributed by atoms with Crippen molar-refractivity contribution in [2.24, 2.45) is 4.99 Å². The zero-order valence-corrected chi connectivity index (χ0v) is 19.5. The molecule has 0 bridgehead atoms. The van der Waals surface area contributed by atoms with E-state index in [0.29, 0.717) is 31.1 Å². The number of carbonyl (C=O) groups excluding carboxylic acids is 2. The quantitative estimate of drug-likeness (QED) is 0.503. The average molecular weight is 422 g/mol. The lowest BCUT2D eigenvalue weighted by Crippen LogP contribution is -2.39. The maximum absolute atomic E-state index is 12.5. The van der Waals surface area contributed by atoms with Gasteiger partial charge in [0, 0.05) is 26.2 Å². The molecule has 0 spiro atoms. The van der Waals surface area contributed by atoms with Gasteiger partial charge in [-0.1, -0.05) is 0 Å². The van der Waals surface area contributed by atoms with Gasteiger partial charge in [-0.15, -0.1) is 0 Å². The predicted octanol–water partition coefficient (Wildman–Crippen LogP) is 3.97. The van der Waals surface area contributed by atoms with Crippen LogP contribution in [-0.4, -0.2) is 74.8 Å². The number of aliphatic imine (C=N–C) groups is 1. The first-order valence-electron chi connectivity index (χ1n) is 10.3. The Bertz CT molecular complexity index is 801. The molecular formula is C21H35N5O4. The summed E-state index contributed by atoms with van der Waals surface area (Å²) < 4.78 is 12.3. The Morgan fingerprint density at radius 2 is 1.47 bits per heavy atom. The molecule has 1 saturated heterocycles. The Hall–Kier alpha value is -2.58. The molecule has 1 aliphatic heterocycles. The lowest BCUT2D eigenvalue weighted by atomic mass is 10.2. The predicted molar refractivity (Wildman–Crippen MR) is 115 cm³/mol. The summed E-state index contributed by atoms with van der Waals surface area (Å²) in [7, 11) is 0. The van der Waals surface area contributed by atoms with Crippen molar-refractivity contribution in [1.82, 2.24) is 19.4 Å². The highest BCUT2D eigenvalue weighted by Gasteiger charge is 2.25. The maximum atomic E-state index is 12.5. The van der Waals surface area contributed by atoms with E-state index in [1.54, 1.807) is 11.8 Å². The van der Waals surface area contributed by atoms with Crippen LogP contribution in [0.25, 0.3) is 0 Å². The second-order valence-corrected chi connectivity index (χ2v) is 9.47. The molecule has 0 saturated carbocycles. The van der Waals surface area contributed by atoms with Crippen LogP contribution < -0.4 is 0 Å². The molecule has 1 aromatic heterocycles. The number of hydrogen-bond acceptors (Lipinski definition) is 6. The molecule has 0 aliphatic carbocycles. The highest BCUT2D eigenvalue weighted by Crippen LogP contribution is 2.21. The lowest BCUT2D eigenvalue weighted by molar-refractivity contribution is 0.0259. The molecule has 0 unspecified atom stereocenters. The standard InChI is InChI=1S/C21H35N5O4/c1-15-17(26(14-22-15)19(28)30-21(6,7)8)23-16(2)24-10-9-11-25(13-12-24)18(27)29-20(3,4)5/h14H,9-13H2,1-8H3. The van der Waals surface area contributed by atoms with Gasteiger partial charge >= 0.3 is 12.2 Å². The molecule has 1 aromatic rings. The molecule has 0 aromatic carbocycles. The first kappa shape index (κ1) is 23.7. The van der Waals surface area contributed by atoms with Crippen LogP contribution in [0.3, 0.4) is 0 Å². The fraction of sp³-hybridized carbons (Fsp3) is 0.714. The van der Waals surface area contributed by atoms with E-state index < -0.39 is 17.3 Å². The summed E-state index contributed by atoms with van der Waals surface area (Å²) in [4.78, 5) is 37.6. The van der Waals surface area contributed by atoms with E-state index in [2.05, 4.69) is 14.9 Å². The van der Waals surface area contributed by atoms with Gasteiger partial charge in [0.2, 0.25) is 0 Å². The highest BCUT2D eigenvalue weighted by atomic mass is 16.6. The molecule has 2 rings (SSSR count). The van der Waals surface area contributed by atoms with Crippen LogP contribution in [0.4, 0.5) is 15.4 Å². The third-order valence-corrected chi connectivity index (χ3v) is 4.38. The Labute approximate surface area is 179 Å². The van der Waals surface area contributed by atoms with Gasteiger partial charge in [0.05, 0.1) is 5.69 Å². The molecule has 9 nitrogen and oxygen atoms in total. The van der Waals surface area contributed by atoms with Crippen molar-refractivity contribution in [2.75, 3.05) is 26.2 Å². The minimum absolute atomic E-state index is 0.294. The van der Waals surface area contributed by atoms with Gasteiger partial charge in [-0.3, -0.25) is 0 Å². The lowest BCUT2D eigenvalue weighted by Gasteiger charge is -2.26. The fourth-order valence-corrected chi connectivity index (χ4v) is 2.98. The van der Waals surface area contributed by atoms with Crippen LogP contribution in [0.1, 0.15) is 60.6 Å². The Balaban J connectivity index is 2.12. The Morgan fingerprint density at radius 1 is 0.933 bits per heavy atom. The molecule has 0 atom stereocenters. The van der Waals surface area contributed by atoms with Crippen molar-refractivity contribution in [3.8, 4) is 0 Å². The van der Waals surface area contributed by atoms with Crippen LogP contribution >= 0.6 is 0 Å². The number of amidine groups is 1. The van der Waals surface area contributed by atoms with Crippen molar-refractivity contribution >= 4 is 23.8 Å². The van der Waals surface area contributed by atoms with Crippen LogP contribution in [0, 0.1) is 6.92 Å². The minimum atomic E-state index is -0.610. The molecular weight excluding hydrogens is 386 g/mol. The summed E-state index contributed by atoms with van der Waals surface area (Å²) in [6.07, 6.45) is 1.43.